The zero-order valence-corrected chi connectivity index (χ0v) is 19.0. The molecule has 0 saturated carbocycles. The van der Waals surface area contributed by atoms with Crippen LogP contribution in [0.15, 0.2) is 121 Å². The lowest BCUT2D eigenvalue weighted by Crippen LogP contribution is -2.21. The molecule has 0 saturated heterocycles. The highest BCUT2D eigenvalue weighted by molar-refractivity contribution is 5.99. The Labute approximate surface area is 203 Å². The maximum atomic E-state index is 12.8. The summed E-state index contributed by atoms with van der Waals surface area (Å²) in [5, 5.41) is 10.5. The second kappa shape index (κ2) is 10.4. The monoisotopic (exact) mass is 460 g/mol. The predicted molar refractivity (Wildman–Crippen MR) is 139 cm³/mol. The Morgan fingerprint density at radius 2 is 1.37 bits per heavy atom. The van der Waals surface area contributed by atoms with Gasteiger partial charge in [-0.3, -0.25) is 5.32 Å². The summed E-state index contributed by atoms with van der Waals surface area (Å²) in [5.74, 6) is 1.30. The minimum atomic E-state index is -0.361. The Balaban J connectivity index is 1.28. The molecule has 5 rings (SSSR count). The van der Waals surface area contributed by atoms with Crippen molar-refractivity contribution < 1.29 is 9.53 Å². The lowest BCUT2D eigenvalue weighted by Gasteiger charge is -2.11. The predicted octanol–water partition coefficient (Wildman–Crippen LogP) is 6.76. The number of ether oxygens (including phenoxy) is 1. The molecule has 0 spiro atoms. The van der Waals surface area contributed by atoms with Crippen LogP contribution in [0.2, 0.25) is 0 Å². The van der Waals surface area contributed by atoms with Crippen LogP contribution >= 0.6 is 0 Å². The molecule has 5 aromatic rings. The molecule has 0 aliphatic rings. The molecule has 0 bridgehead atoms. The van der Waals surface area contributed by atoms with Crippen LogP contribution < -0.4 is 15.4 Å². The third kappa shape index (κ3) is 5.57. The molecule has 0 atom stereocenters. The van der Waals surface area contributed by atoms with Crippen molar-refractivity contribution in [2.24, 2.45) is 0 Å². The Hall–Kier alpha value is -4.84. The summed E-state index contributed by atoms with van der Waals surface area (Å²) < 4.78 is 7.54. The first-order chi connectivity index (χ1) is 17.2. The van der Waals surface area contributed by atoms with Crippen LogP contribution in [0, 0.1) is 0 Å². The second-order valence-corrected chi connectivity index (χ2v) is 7.91. The van der Waals surface area contributed by atoms with Crippen molar-refractivity contribution in [3.8, 4) is 22.7 Å². The van der Waals surface area contributed by atoms with Crippen molar-refractivity contribution in [2.75, 3.05) is 10.6 Å². The van der Waals surface area contributed by atoms with Crippen LogP contribution in [0.1, 0.15) is 5.56 Å². The van der Waals surface area contributed by atoms with Gasteiger partial charge in [0.1, 0.15) is 18.2 Å². The number of anilines is 2. The van der Waals surface area contributed by atoms with Gasteiger partial charge in [-0.15, -0.1) is 0 Å². The van der Waals surface area contributed by atoms with Crippen LogP contribution in [-0.2, 0) is 6.61 Å². The summed E-state index contributed by atoms with van der Waals surface area (Å²) in [7, 11) is 0. The van der Waals surface area contributed by atoms with Crippen molar-refractivity contribution >= 4 is 17.5 Å². The molecule has 1 aromatic heterocycles. The Bertz CT molecular complexity index is 1380. The molecule has 2 amide bonds. The molecule has 6 nitrogen and oxygen atoms in total. The van der Waals surface area contributed by atoms with Crippen LogP contribution in [0.25, 0.3) is 16.9 Å². The molecule has 6 heteroatoms. The highest BCUT2D eigenvalue weighted by Crippen LogP contribution is 2.25. The third-order valence-corrected chi connectivity index (χ3v) is 5.38. The zero-order valence-electron chi connectivity index (χ0n) is 19.0. The summed E-state index contributed by atoms with van der Waals surface area (Å²) in [6, 6.07) is 38.3. The number of para-hydroxylation sites is 1. The van der Waals surface area contributed by atoms with Gasteiger partial charge < -0.3 is 10.1 Å². The topological polar surface area (TPSA) is 68.2 Å². The maximum Gasteiger partial charge on any atom is 0.324 e. The van der Waals surface area contributed by atoms with E-state index in [9.17, 15) is 4.79 Å². The highest BCUT2D eigenvalue weighted by Gasteiger charge is 2.14. The van der Waals surface area contributed by atoms with E-state index in [0.29, 0.717) is 18.1 Å². The Morgan fingerprint density at radius 3 is 2.06 bits per heavy atom. The normalized spacial score (nSPS) is 10.5. The van der Waals surface area contributed by atoms with Gasteiger partial charge in [0.25, 0.3) is 0 Å². The molecule has 0 radical (unpaired) electrons. The smallest absolute Gasteiger partial charge is 0.324 e. The molecular formula is C29H24N4O2. The van der Waals surface area contributed by atoms with Crippen molar-refractivity contribution in [1.82, 2.24) is 9.78 Å². The van der Waals surface area contributed by atoms with E-state index in [2.05, 4.69) is 10.6 Å². The quantitative estimate of drug-likeness (QED) is 0.282. The van der Waals surface area contributed by atoms with Gasteiger partial charge in [0, 0.05) is 17.3 Å². The Morgan fingerprint density at radius 1 is 0.743 bits per heavy atom. The highest BCUT2D eigenvalue weighted by atomic mass is 16.5. The van der Waals surface area contributed by atoms with Gasteiger partial charge in [-0.1, -0.05) is 78.9 Å². The molecule has 35 heavy (non-hydrogen) atoms. The van der Waals surface area contributed by atoms with E-state index < -0.39 is 0 Å². The van der Waals surface area contributed by atoms with Crippen LogP contribution in [0.3, 0.4) is 0 Å². The fourth-order valence-electron chi connectivity index (χ4n) is 3.64. The van der Waals surface area contributed by atoms with E-state index in [1.807, 2.05) is 121 Å². The first kappa shape index (κ1) is 22.0. The third-order valence-electron chi connectivity index (χ3n) is 5.38. The fraction of sp³-hybridized carbons (Fsp3) is 0.0345. The average Bonchev–Trinajstić information content (AvgIpc) is 3.33. The molecule has 0 aliphatic heterocycles. The first-order valence-corrected chi connectivity index (χ1v) is 11.3. The number of benzene rings is 4. The zero-order chi connectivity index (χ0) is 23.9. The standard InChI is InChI=1S/C29H24N4O2/c34-29(30-24-16-18-26(19-17-24)35-21-22-10-4-1-5-11-22)31-28-20-27(23-12-6-2-7-13-23)32-33(28)25-14-8-3-9-15-25/h1-20H,21H2,(H2,30,31,34). The molecular weight excluding hydrogens is 436 g/mol. The van der Waals surface area contributed by atoms with Crippen molar-refractivity contribution in [1.29, 1.82) is 0 Å². The summed E-state index contributed by atoms with van der Waals surface area (Å²) in [6.45, 7) is 0.487. The number of carbonyl (C=O) groups excluding carboxylic acids is 1. The van der Waals surface area contributed by atoms with Crippen molar-refractivity contribution in [3.63, 3.8) is 0 Å². The fourth-order valence-corrected chi connectivity index (χ4v) is 3.64. The Kier molecular flexibility index (Phi) is 6.53. The van der Waals surface area contributed by atoms with E-state index in [4.69, 9.17) is 9.84 Å². The molecule has 4 aromatic carbocycles. The van der Waals surface area contributed by atoms with Crippen molar-refractivity contribution in [3.05, 3.63) is 127 Å². The number of rotatable bonds is 7. The lowest BCUT2D eigenvalue weighted by molar-refractivity contribution is 0.262. The second-order valence-electron chi connectivity index (χ2n) is 7.91. The minimum absolute atomic E-state index is 0.361. The maximum absolute atomic E-state index is 12.8. The van der Waals surface area contributed by atoms with Gasteiger partial charge in [0.2, 0.25) is 0 Å². The van der Waals surface area contributed by atoms with Crippen LogP contribution in [-0.4, -0.2) is 15.8 Å². The minimum Gasteiger partial charge on any atom is -0.489 e. The molecule has 2 N–H and O–H groups in total. The first-order valence-electron chi connectivity index (χ1n) is 11.3. The van der Waals surface area contributed by atoms with Crippen molar-refractivity contribution in [2.45, 2.75) is 6.61 Å². The van der Waals surface area contributed by atoms with Gasteiger partial charge in [0.05, 0.1) is 11.4 Å². The van der Waals surface area contributed by atoms with E-state index >= 15 is 0 Å². The number of aromatic nitrogens is 2. The van der Waals surface area contributed by atoms with Crippen LogP contribution in [0.5, 0.6) is 5.75 Å². The number of nitrogens with one attached hydrogen (secondary N) is 2. The average molecular weight is 461 g/mol. The summed E-state index contributed by atoms with van der Waals surface area (Å²) in [4.78, 5) is 12.8. The summed E-state index contributed by atoms with van der Waals surface area (Å²) in [5.41, 5.74) is 4.34. The van der Waals surface area contributed by atoms with E-state index in [1.54, 1.807) is 4.68 Å². The summed E-state index contributed by atoms with van der Waals surface area (Å²) >= 11 is 0. The molecule has 0 unspecified atom stereocenters. The molecule has 1 heterocycles. The number of hydrogen-bond acceptors (Lipinski definition) is 3. The van der Waals surface area contributed by atoms with Gasteiger partial charge in [0.15, 0.2) is 0 Å². The number of carbonyl (C=O) groups is 1. The van der Waals surface area contributed by atoms with Gasteiger partial charge in [-0.05, 0) is 42.0 Å². The van der Waals surface area contributed by atoms with Gasteiger partial charge >= 0.3 is 6.03 Å². The molecule has 0 aliphatic carbocycles. The SMILES string of the molecule is O=C(Nc1ccc(OCc2ccccc2)cc1)Nc1cc(-c2ccccc2)nn1-c1ccccc1. The number of urea groups is 1. The van der Waals surface area contributed by atoms with E-state index in [-0.39, 0.29) is 6.03 Å². The lowest BCUT2D eigenvalue weighted by atomic mass is 10.2. The van der Waals surface area contributed by atoms with Crippen LogP contribution in [0.4, 0.5) is 16.3 Å². The number of nitrogens with zero attached hydrogens (tertiary/aromatic N) is 2. The number of hydrogen-bond donors (Lipinski definition) is 2. The largest absolute Gasteiger partial charge is 0.489 e. The van der Waals surface area contributed by atoms with E-state index in [1.165, 1.54) is 0 Å². The van der Waals surface area contributed by atoms with Gasteiger partial charge in [-0.2, -0.15) is 5.10 Å². The molecule has 172 valence electrons. The van der Waals surface area contributed by atoms with E-state index in [0.717, 1.165) is 28.3 Å². The molecule has 0 fully saturated rings. The van der Waals surface area contributed by atoms with Gasteiger partial charge in [-0.25, -0.2) is 9.48 Å². The number of amides is 2. The summed E-state index contributed by atoms with van der Waals surface area (Å²) in [6.07, 6.45) is 0.